The first-order valence-electron chi connectivity index (χ1n) is 4.05. The van der Waals surface area contributed by atoms with Crippen molar-refractivity contribution < 1.29 is 24.5 Å². The summed E-state index contributed by atoms with van der Waals surface area (Å²) in [7, 11) is 0. The molecule has 2 N–H and O–H groups in total. The van der Waals surface area contributed by atoms with Crippen LogP contribution >= 0.6 is 0 Å². The molecule has 0 amide bonds. The summed E-state index contributed by atoms with van der Waals surface area (Å²) >= 11 is 0. The quantitative estimate of drug-likeness (QED) is 0.299. The molecule has 0 rings (SSSR count). The van der Waals surface area contributed by atoms with Crippen molar-refractivity contribution in [3.63, 3.8) is 0 Å². The van der Waals surface area contributed by atoms with E-state index in [1.807, 2.05) is 0 Å². The lowest BCUT2D eigenvalue weighted by Crippen LogP contribution is -2.16. The predicted molar refractivity (Wildman–Crippen MR) is 49.3 cm³/mol. The van der Waals surface area contributed by atoms with Gasteiger partial charge in [0.1, 0.15) is 0 Å². The molecule has 1 atom stereocenters. The largest absolute Gasteiger partial charge is 0.481 e. The molecule has 0 heterocycles. The lowest BCUT2D eigenvalue weighted by molar-refractivity contribution is -0.156. The molecule has 80 valence electrons. The van der Waals surface area contributed by atoms with Crippen molar-refractivity contribution in [3.8, 4) is 0 Å². The maximum absolute atomic E-state index is 10.9. The Hall–Kier alpha value is -1.49. The van der Waals surface area contributed by atoms with Gasteiger partial charge in [0, 0.05) is 5.57 Å². The van der Waals surface area contributed by atoms with E-state index in [4.69, 9.17) is 10.2 Å². The highest BCUT2D eigenvalue weighted by Crippen LogP contribution is 2.00. The Morgan fingerprint density at radius 1 is 1.64 bits per heavy atom. The van der Waals surface area contributed by atoms with Crippen LogP contribution in [0.1, 0.15) is 13.8 Å². The molecule has 0 aromatic heterocycles. The van der Waals surface area contributed by atoms with Gasteiger partial charge in [-0.15, -0.1) is 0 Å². The molecule has 0 aromatic carbocycles. The molecule has 0 saturated carbocycles. The van der Waals surface area contributed by atoms with Crippen LogP contribution in [0.25, 0.3) is 0 Å². The van der Waals surface area contributed by atoms with Crippen LogP contribution in [-0.2, 0) is 14.3 Å². The Morgan fingerprint density at radius 2 is 2.21 bits per heavy atom. The van der Waals surface area contributed by atoms with Crippen LogP contribution in [0.5, 0.6) is 0 Å². The van der Waals surface area contributed by atoms with E-state index in [1.54, 1.807) is 6.92 Å². The number of esters is 1. The van der Waals surface area contributed by atoms with Crippen LogP contribution in [-0.4, -0.2) is 29.1 Å². The molecule has 0 radical (unpaired) electrons. The van der Waals surface area contributed by atoms with Gasteiger partial charge in [0.25, 0.3) is 5.95 Å². The summed E-state index contributed by atoms with van der Waals surface area (Å²) in [5, 5.41) is 18.0. The maximum Gasteiger partial charge on any atom is 0.335 e. The van der Waals surface area contributed by atoms with Gasteiger partial charge in [0.2, 0.25) is 6.29 Å². The summed E-state index contributed by atoms with van der Waals surface area (Å²) < 4.78 is 9.03. The molecule has 5 nitrogen and oxygen atoms in total. The average Bonchev–Trinajstić information content (AvgIpc) is 2.03. The highest BCUT2D eigenvalue weighted by molar-refractivity contribution is 5.87. The number of aliphatic hydroxyl groups excluding tert-OH is 2. The van der Waals surface area contributed by atoms with Crippen molar-refractivity contribution in [2.24, 2.45) is 0 Å². The number of carbonyl (C=O) groups excluding carboxylic acids is 1. The van der Waals surface area contributed by atoms with E-state index in [9.17, 15) is 4.79 Å². The fourth-order valence-electron chi connectivity index (χ4n) is 0.562. The molecule has 0 aliphatic rings. The van der Waals surface area contributed by atoms with Crippen molar-refractivity contribution in [1.82, 2.24) is 0 Å². The summed E-state index contributed by atoms with van der Waals surface area (Å²) in [6, 6.07) is 0. The highest BCUT2D eigenvalue weighted by atomic mass is 16.6. The van der Waals surface area contributed by atoms with Gasteiger partial charge in [-0.05, 0) is 13.8 Å². The number of hydrogen-bond donors (Lipinski definition) is 2. The standard InChI is InChI=1S/C9H14O5/c1-4-13-7(10)5-8(11)14-9(12)6(2)3/h5,8,10-11H,2,4H2,1,3H3. The van der Waals surface area contributed by atoms with Crippen LogP contribution in [0.4, 0.5) is 0 Å². The van der Waals surface area contributed by atoms with E-state index in [2.05, 4.69) is 16.1 Å². The minimum atomic E-state index is -1.54. The SMILES string of the molecule is C=C(C)C(=O)OC(O)C=C(O)OCC. The van der Waals surface area contributed by atoms with Gasteiger partial charge >= 0.3 is 5.97 Å². The third kappa shape index (κ3) is 5.21. The number of ether oxygens (including phenoxy) is 2. The lowest BCUT2D eigenvalue weighted by atomic mass is 10.4. The Balaban J connectivity index is 4.09. The molecule has 0 spiro atoms. The van der Waals surface area contributed by atoms with Crippen LogP contribution in [0.3, 0.4) is 0 Å². The summed E-state index contributed by atoms with van der Waals surface area (Å²) in [5.41, 5.74) is 0.161. The molecule has 0 aliphatic carbocycles. The summed E-state index contributed by atoms with van der Waals surface area (Å²) in [4.78, 5) is 10.9. The molecule has 0 bridgehead atoms. The zero-order chi connectivity index (χ0) is 11.1. The Labute approximate surface area is 82.3 Å². The van der Waals surface area contributed by atoms with E-state index < -0.39 is 18.2 Å². The van der Waals surface area contributed by atoms with Crippen LogP contribution in [0.15, 0.2) is 24.2 Å². The molecule has 5 heteroatoms. The van der Waals surface area contributed by atoms with E-state index in [0.717, 1.165) is 6.08 Å². The van der Waals surface area contributed by atoms with E-state index in [0.29, 0.717) is 0 Å². The minimum Gasteiger partial charge on any atom is -0.481 e. The normalized spacial score (nSPS) is 13.2. The first-order chi connectivity index (χ1) is 6.47. The predicted octanol–water partition coefficient (Wildman–Crippen LogP) is 0.860. The fourth-order valence-corrected chi connectivity index (χ4v) is 0.562. The second-order valence-electron chi connectivity index (χ2n) is 2.51. The second-order valence-corrected chi connectivity index (χ2v) is 2.51. The third-order valence-electron chi connectivity index (χ3n) is 1.15. The molecule has 1 unspecified atom stereocenters. The number of carbonyl (C=O) groups is 1. The average molecular weight is 202 g/mol. The number of aliphatic hydroxyl groups is 2. The van der Waals surface area contributed by atoms with Gasteiger partial charge in [-0.2, -0.15) is 0 Å². The van der Waals surface area contributed by atoms with Gasteiger partial charge in [0.05, 0.1) is 12.7 Å². The fraction of sp³-hybridized carbons (Fsp3) is 0.444. The third-order valence-corrected chi connectivity index (χ3v) is 1.15. The number of rotatable bonds is 5. The molecular formula is C9H14O5. The van der Waals surface area contributed by atoms with Gasteiger partial charge in [-0.25, -0.2) is 4.79 Å². The summed E-state index contributed by atoms with van der Waals surface area (Å²) in [5.74, 6) is -1.23. The smallest absolute Gasteiger partial charge is 0.335 e. The number of hydrogen-bond acceptors (Lipinski definition) is 5. The minimum absolute atomic E-state index is 0.161. The maximum atomic E-state index is 10.9. The monoisotopic (exact) mass is 202 g/mol. The first kappa shape index (κ1) is 12.5. The molecule has 0 saturated heterocycles. The summed E-state index contributed by atoms with van der Waals surface area (Å²) in [6.07, 6.45) is -0.671. The Kier molecular flexibility index (Phi) is 5.40. The van der Waals surface area contributed by atoms with E-state index in [-0.39, 0.29) is 12.2 Å². The highest BCUT2D eigenvalue weighted by Gasteiger charge is 2.10. The molecule has 14 heavy (non-hydrogen) atoms. The van der Waals surface area contributed by atoms with Crippen molar-refractivity contribution in [2.45, 2.75) is 20.1 Å². The Bertz CT molecular complexity index is 244. The van der Waals surface area contributed by atoms with E-state index >= 15 is 0 Å². The topological polar surface area (TPSA) is 76.0 Å². The molecule has 0 fully saturated rings. The zero-order valence-electron chi connectivity index (χ0n) is 8.19. The summed E-state index contributed by atoms with van der Waals surface area (Å²) in [6.45, 7) is 6.69. The second kappa shape index (κ2) is 6.04. The first-order valence-corrected chi connectivity index (χ1v) is 4.05. The van der Waals surface area contributed by atoms with Crippen molar-refractivity contribution >= 4 is 5.97 Å². The lowest BCUT2D eigenvalue weighted by Gasteiger charge is -2.08. The van der Waals surface area contributed by atoms with Gasteiger partial charge in [0.15, 0.2) is 0 Å². The van der Waals surface area contributed by atoms with Gasteiger partial charge in [-0.3, -0.25) is 0 Å². The van der Waals surface area contributed by atoms with Crippen molar-refractivity contribution in [3.05, 3.63) is 24.2 Å². The molecular weight excluding hydrogens is 188 g/mol. The van der Waals surface area contributed by atoms with Gasteiger partial charge < -0.3 is 19.7 Å². The Morgan fingerprint density at radius 3 is 2.64 bits per heavy atom. The zero-order valence-corrected chi connectivity index (χ0v) is 8.19. The van der Waals surface area contributed by atoms with Crippen LogP contribution < -0.4 is 0 Å². The van der Waals surface area contributed by atoms with Crippen LogP contribution in [0.2, 0.25) is 0 Å². The van der Waals surface area contributed by atoms with Gasteiger partial charge in [-0.1, -0.05) is 6.58 Å². The van der Waals surface area contributed by atoms with Crippen molar-refractivity contribution in [1.29, 1.82) is 0 Å². The van der Waals surface area contributed by atoms with E-state index in [1.165, 1.54) is 6.92 Å². The molecule has 0 aromatic rings. The van der Waals surface area contributed by atoms with Crippen molar-refractivity contribution in [2.75, 3.05) is 6.61 Å². The molecule has 0 aliphatic heterocycles. The van der Waals surface area contributed by atoms with Crippen LogP contribution in [0, 0.1) is 0 Å².